The maximum absolute atomic E-state index is 13.4. The van der Waals surface area contributed by atoms with Crippen molar-refractivity contribution < 1.29 is 40.0 Å². The summed E-state index contributed by atoms with van der Waals surface area (Å²) in [6.45, 7) is 10.3. The van der Waals surface area contributed by atoms with Crippen LogP contribution in [0.2, 0.25) is 0 Å². The Morgan fingerprint density at radius 1 is 0.889 bits per heavy atom. The molecule has 0 fully saturated rings. The summed E-state index contributed by atoms with van der Waals surface area (Å²) in [4.78, 5) is 13.8. The van der Waals surface area contributed by atoms with Crippen LogP contribution in [-0.2, 0) is 24.5 Å². The molecule has 7 nitrogen and oxygen atoms in total. The number of alkyl halides is 3. The lowest BCUT2D eigenvalue weighted by Crippen LogP contribution is -2.30. The molecule has 0 aliphatic rings. The van der Waals surface area contributed by atoms with Crippen LogP contribution >= 0.6 is 27.3 Å². The number of amides is 1. The van der Waals surface area contributed by atoms with Gasteiger partial charge in [0.15, 0.2) is 0 Å². The van der Waals surface area contributed by atoms with Crippen molar-refractivity contribution in [1.29, 1.82) is 0 Å². The van der Waals surface area contributed by atoms with Gasteiger partial charge in [-0.15, -0.1) is 24.5 Å². The van der Waals surface area contributed by atoms with Crippen LogP contribution in [0.15, 0.2) is 65.1 Å². The molecule has 0 bridgehead atoms. The Morgan fingerprint density at radius 2 is 1.53 bits per heavy atom. The van der Waals surface area contributed by atoms with Gasteiger partial charge in [0.25, 0.3) is 16.0 Å². The Bertz CT molecular complexity index is 1850. The smallest absolute Gasteiger partial charge is 0.491 e. The van der Waals surface area contributed by atoms with Crippen LogP contribution in [0.25, 0.3) is 10.1 Å². The lowest BCUT2D eigenvalue weighted by Gasteiger charge is -2.28. The average Bonchev–Trinajstić information content (AvgIpc) is 3.35. The number of halogens is 4. The molecular weight excluding hydrogens is 695 g/mol. The molecule has 0 unspecified atom stereocenters. The zero-order valence-electron chi connectivity index (χ0n) is 25.6. The third-order valence-corrected chi connectivity index (χ3v) is 10.9. The van der Waals surface area contributed by atoms with Crippen LogP contribution in [0.1, 0.15) is 67.9 Å². The SMILES string of the molecule is COS(=O)(=O)C(C)(C)c1ccc2sc(C(=O)Nc3cc(Br)cc(C(C)(C)c4cc(OC(C)C)cc(OC(F)(F)F)c4)c3)cc2c1. The highest BCUT2D eigenvalue weighted by Gasteiger charge is 2.37. The highest BCUT2D eigenvalue weighted by Crippen LogP contribution is 2.40. The highest BCUT2D eigenvalue weighted by molar-refractivity contribution is 9.10. The maximum Gasteiger partial charge on any atom is 0.573 e. The minimum absolute atomic E-state index is 0.231. The normalized spacial score (nSPS) is 12.9. The molecule has 3 aromatic carbocycles. The highest BCUT2D eigenvalue weighted by atomic mass is 79.9. The minimum atomic E-state index is -4.88. The molecule has 0 saturated heterocycles. The number of anilines is 1. The fraction of sp³-hybridized carbons (Fsp3) is 0.344. The van der Waals surface area contributed by atoms with Gasteiger partial charge >= 0.3 is 6.36 Å². The van der Waals surface area contributed by atoms with Crippen LogP contribution < -0.4 is 14.8 Å². The van der Waals surface area contributed by atoms with Crippen molar-refractivity contribution in [2.75, 3.05) is 12.4 Å². The summed E-state index contributed by atoms with van der Waals surface area (Å²) in [6.07, 6.45) is -5.16. The van der Waals surface area contributed by atoms with Gasteiger partial charge < -0.3 is 14.8 Å². The van der Waals surface area contributed by atoms with Crippen molar-refractivity contribution in [1.82, 2.24) is 0 Å². The summed E-state index contributed by atoms with van der Waals surface area (Å²) in [5, 5.41) is 3.62. The summed E-state index contributed by atoms with van der Waals surface area (Å²) >= 11 is 4.75. The standard InChI is InChI=1S/C32H33BrF3NO6S2/c1-18(2)42-25-14-22(15-26(17-25)43-32(34,35)36)30(3,4)21-12-23(33)16-24(13-21)37-29(38)28-11-19-10-20(8-9-27(19)44-28)31(5,6)45(39,40)41-7/h8-18H,1-7H3,(H,37,38). The van der Waals surface area contributed by atoms with Gasteiger partial charge in [-0.1, -0.05) is 35.8 Å². The molecule has 1 heterocycles. The molecule has 1 aromatic heterocycles. The number of fused-ring (bicyclic) bond motifs is 1. The van der Waals surface area contributed by atoms with Gasteiger partial charge in [0.1, 0.15) is 16.2 Å². The molecule has 1 amide bonds. The molecule has 0 saturated carbocycles. The number of ether oxygens (including phenoxy) is 2. The second-order valence-corrected chi connectivity index (χ2v) is 16.0. The Labute approximate surface area is 272 Å². The van der Waals surface area contributed by atoms with Crippen molar-refractivity contribution in [3.63, 3.8) is 0 Å². The lowest BCUT2D eigenvalue weighted by atomic mass is 9.78. The third kappa shape index (κ3) is 7.82. The molecule has 45 heavy (non-hydrogen) atoms. The average molecular weight is 729 g/mol. The number of hydrogen-bond acceptors (Lipinski definition) is 7. The van der Waals surface area contributed by atoms with E-state index in [0.29, 0.717) is 37.1 Å². The molecule has 4 rings (SSSR count). The van der Waals surface area contributed by atoms with Gasteiger partial charge in [0.2, 0.25) is 0 Å². The molecule has 0 aliphatic heterocycles. The number of nitrogens with one attached hydrogen (secondary N) is 1. The summed E-state index contributed by atoms with van der Waals surface area (Å²) in [6, 6.07) is 16.4. The third-order valence-electron chi connectivity index (χ3n) is 7.36. The van der Waals surface area contributed by atoms with Crippen LogP contribution in [0.3, 0.4) is 0 Å². The first-order valence-electron chi connectivity index (χ1n) is 13.8. The summed E-state index contributed by atoms with van der Waals surface area (Å²) in [5.41, 5.74) is 1.35. The fourth-order valence-corrected chi connectivity index (χ4v) is 6.99. The van der Waals surface area contributed by atoms with Gasteiger partial charge in [0.05, 0.1) is 18.1 Å². The number of carbonyl (C=O) groups is 1. The molecule has 0 radical (unpaired) electrons. The zero-order valence-corrected chi connectivity index (χ0v) is 28.8. The van der Waals surface area contributed by atoms with Gasteiger partial charge in [-0.25, -0.2) is 0 Å². The second-order valence-electron chi connectivity index (χ2n) is 11.7. The largest absolute Gasteiger partial charge is 0.573 e. The Hall–Kier alpha value is -3.13. The van der Waals surface area contributed by atoms with E-state index in [2.05, 4.69) is 26.0 Å². The zero-order chi connectivity index (χ0) is 33.5. The molecular formula is C32H33BrF3NO6S2. The van der Waals surface area contributed by atoms with Crippen molar-refractivity contribution in [2.45, 2.75) is 64.2 Å². The molecule has 242 valence electrons. The topological polar surface area (TPSA) is 90.9 Å². The number of carbonyl (C=O) groups excluding carboxylic acids is 1. The predicted octanol–water partition coefficient (Wildman–Crippen LogP) is 9.14. The molecule has 0 spiro atoms. The Morgan fingerprint density at radius 3 is 2.16 bits per heavy atom. The van der Waals surface area contributed by atoms with Crippen molar-refractivity contribution in [2.24, 2.45) is 0 Å². The Kier molecular flexibility index (Phi) is 9.71. The van der Waals surface area contributed by atoms with E-state index in [4.69, 9.17) is 8.92 Å². The molecule has 13 heteroatoms. The maximum atomic E-state index is 13.4. The Balaban J connectivity index is 1.66. The van der Waals surface area contributed by atoms with Gasteiger partial charge in [-0.2, -0.15) is 8.42 Å². The second kappa shape index (κ2) is 12.6. The first-order chi connectivity index (χ1) is 20.7. The van der Waals surface area contributed by atoms with Gasteiger partial charge in [0, 0.05) is 26.3 Å². The molecule has 1 N–H and O–H groups in total. The van der Waals surface area contributed by atoms with Crippen molar-refractivity contribution in [3.05, 3.63) is 86.7 Å². The van der Waals surface area contributed by atoms with Gasteiger partial charge in [-0.3, -0.25) is 8.98 Å². The van der Waals surface area contributed by atoms with Crippen molar-refractivity contribution in [3.8, 4) is 11.5 Å². The first kappa shape index (κ1) is 34.7. The molecule has 0 atom stereocenters. The summed E-state index contributed by atoms with van der Waals surface area (Å²) < 4.78 is 79.1. The van der Waals surface area contributed by atoms with E-state index in [1.807, 2.05) is 19.9 Å². The molecule has 0 aliphatic carbocycles. The van der Waals surface area contributed by atoms with E-state index in [-0.39, 0.29) is 17.8 Å². The van der Waals surface area contributed by atoms with Crippen molar-refractivity contribution >= 4 is 59.1 Å². The van der Waals surface area contributed by atoms with Crippen LogP contribution in [-0.4, -0.2) is 33.9 Å². The van der Waals surface area contributed by atoms with E-state index in [1.165, 1.54) is 23.5 Å². The van der Waals surface area contributed by atoms with E-state index in [1.54, 1.807) is 70.2 Å². The molecule has 4 aromatic rings. The fourth-order valence-electron chi connectivity index (χ4n) is 4.73. The van der Waals surface area contributed by atoms with E-state index < -0.39 is 32.4 Å². The lowest BCUT2D eigenvalue weighted by molar-refractivity contribution is -0.274. The monoisotopic (exact) mass is 727 g/mol. The predicted molar refractivity (Wildman–Crippen MR) is 174 cm³/mol. The van der Waals surface area contributed by atoms with E-state index in [0.717, 1.165) is 11.8 Å². The van der Waals surface area contributed by atoms with Gasteiger partial charge in [-0.05, 0) is 98.3 Å². The van der Waals surface area contributed by atoms with Crippen LogP contribution in [0.5, 0.6) is 11.5 Å². The number of thiophene rings is 1. The van der Waals surface area contributed by atoms with Crippen LogP contribution in [0, 0.1) is 0 Å². The number of hydrogen-bond donors (Lipinski definition) is 1. The van der Waals surface area contributed by atoms with Crippen LogP contribution in [0.4, 0.5) is 18.9 Å². The summed E-state index contributed by atoms with van der Waals surface area (Å²) in [5.74, 6) is -0.547. The number of rotatable bonds is 10. The number of benzene rings is 3. The summed E-state index contributed by atoms with van der Waals surface area (Å²) in [7, 11) is -2.75. The van der Waals surface area contributed by atoms with E-state index in [9.17, 15) is 26.4 Å². The minimum Gasteiger partial charge on any atom is -0.491 e. The first-order valence-corrected chi connectivity index (χ1v) is 16.8. The van der Waals surface area contributed by atoms with E-state index >= 15 is 0 Å². The quantitative estimate of drug-likeness (QED) is 0.164.